The van der Waals surface area contributed by atoms with E-state index in [-0.39, 0.29) is 24.5 Å². The molecule has 0 saturated heterocycles. The molecule has 1 atom stereocenters. The maximum Gasteiger partial charge on any atom is 0.257 e. The fourth-order valence-corrected chi connectivity index (χ4v) is 5.10. The van der Waals surface area contributed by atoms with Gasteiger partial charge in [-0.25, -0.2) is 8.42 Å². The minimum atomic E-state index is -3.54. The number of amides is 1. The van der Waals surface area contributed by atoms with Crippen molar-refractivity contribution in [2.75, 3.05) is 33.9 Å². The monoisotopic (exact) mass is 539 g/mol. The number of sulfonamides is 1. The van der Waals surface area contributed by atoms with E-state index in [1.54, 1.807) is 40.7 Å². The lowest BCUT2D eigenvalue weighted by Gasteiger charge is -2.30. The second kappa shape index (κ2) is 22.4. The molecule has 37 heavy (non-hydrogen) atoms. The highest BCUT2D eigenvalue weighted by Crippen LogP contribution is 2.22. The average molecular weight is 540 g/mol. The number of hydrogen-bond donors (Lipinski definition) is 3. The van der Waals surface area contributed by atoms with Gasteiger partial charge in [-0.15, -0.1) is 0 Å². The molecule has 0 spiro atoms. The van der Waals surface area contributed by atoms with Gasteiger partial charge in [0.25, 0.3) is 5.91 Å². The zero-order valence-corrected chi connectivity index (χ0v) is 23.6. The third kappa shape index (κ3) is 15.1. The summed E-state index contributed by atoms with van der Waals surface area (Å²) in [5.41, 5.74) is 4.50. The number of ether oxygens (including phenoxy) is 1. The lowest BCUT2D eigenvalue weighted by Crippen LogP contribution is -2.41. The first-order valence-corrected chi connectivity index (χ1v) is 13.6. The Morgan fingerprint density at radius 3 is 2.00 bits per heavy atom. The predicted molar refractivity (Wildman–Crippen MR) is 149 cm³/mol. The molecule has 0 bridgehead atoms. The number of aliphatic hydroxyl groups excluding tert-OH is 1. The highest BCUT2D eigenvalue weighted by atomic mass is 32.2. The van der Waals surface area contributed by atoms with E-state index in [1.807, 2.05) is 51.8 Å². The third-order valence-corrected chi connectivity index (χ3v) is 6.86. The van der Waals surface area contributed by atoms with Crippen LogP contribution in [0.2, 0.25) is 0 Å². The van der Waals surface area contributed by atoms with E-state index in [1.165, 1.54) is 7.05 Å². The molecule has 1 amide bonds. The number of carbonyl (C=O) groups excluding carboxylic acids is 2. The number of benzene rings is 2. The molecule has 0 aliphatic heterocycles. The molecule has 9 nitrogen and oxygen atoms in total. The third-order valence-electron chi connectivity index (χ3n) is 4.87. The van der Waals surface area contributed by atoms with Gasteiger partial charge in [0, 0.05) is 26.2 Å². The Balaban J connectivity index is 0. The van der Waals surface area contributed by atoms with Crippen LogP contribution in [0.5, 0.6) is 5.75 Å². The summed E-state index contributed by atoms with van der Waals surface area (Å²) >= 11 is 0. The highest BCUT2D eigenvalue weighted by molar-refractivity contribution is 7.89. The van der Waals surface area contributed by atoms with Crippen LogP contribution in [0.3, 0.4) is 0 Å². The van der Waals surface area contributed by atoms with Gasteiger partial charge in [-0.3, -0.25) is 4.79 Å². The van der Waals surface area contributed by atoms with Crippen LogP contribution in [-0.4, -0.2) is 70.4 Å². The van der Waals surface area contributed by atoms with E-state index in [0.29, 0.717) is 23.7 Å². The Morgan fingerprint density at radius 2 is 1.49 bits per heavy atom. The Morgan fingerprint density at radius 1 is 0.973 bits per heavy atom. The molecule has 0 fully saturated rings. The first-order chi connectivity index (χ1) is 17.8. The molecule has 0 saturated carbocycles. The topological polar surface area (TPSA) is 139 Å². The standard InChI is InChI=1S/C24H34N2O4S.CH5N.CH4O.CH2O/c1-20(2)18-26(31(28,29)23-15-8-5-9-16-23)21(3)12-10-11-17-25-24(27)19-30-22-13-6-4-7-14-22;3*1-2/h4-9,13-16,20-21H,10-12,17-19H2,1-3H3,(H,25,27);2H2,1H3;2H,1H3;1H2/t21-;;;/m1.../s1. The quantitative estimate of drug-likeness (QED) is 0.332. The Labute approximate surface area is 223 Å². The van der Waals surface area contributed by atoms with Gasteiger partial charge < -0.3 is 25.7 Å². The summed E-state index contributed by atoms with van der Waals surface area (Å²) in [6, 6.07) is 17.7. The van der Waals surface area contributed by atoms with E-state index < -0.39 is 10.0 Å². The van der Waals surface area contributed by atoms with Crippen LogP contribution in [0.4, 0.5) is 0 Å². The van der Waals surface area contributed by atoms with Gasteiger partial charge in [0.1, 0.15) is 12.5 Å². The van der Waals surface area contributed by atoms with Crippen LogP contribution in [0.15, 0.2) is 65.6 Å². The van der Waals surface area contributed by atoms with Crippen LogP contribution in [0.25, 0.3) is 0 Å². The van der Waals surface area contributed by atoms with Crippen molar-refractivity contribution in [2.24, 2.45) is 11.7 Å². The predicted octanol–water partition coefficient (Wildman–Crippen LogP) is 3.09. The SMILES string of the molecule is C=O.CC(C)CN([C@H](C)CCCCNC(=O)COc1ccccc1)S(=O)(=O)c1ccccc1.CN.CO. The zero-order valence-electron chi connectivity index (χ0n) is 22.8. The maximum atomic E-state index is 13.1. The van der Waals surface area contributed by atoms with Crippen LogP contribution >= 0.6 is 0 Å². The number of unbranched alkanes of at least 4 members (excludes halogenated alkanes) is 1. The first kappa shape index (κ1) is 36.4. The zero-order chi connectivity index (χ0) is 28.7. The molecule has 2 rings (SSSR count). The van der Waals surface area contributed by atoms with Crippen molar-refractivity contribution in [3.05, 3.63) is 60.7 Å². The molecular weight excluding hydrogens is 494 g/mol. The van der Waals surface area contributed by atoms with Gasteiger partial charge >= 0.3 is 0 Å². The number of hydrogen-bond acceptors (Lipinski definition) is 7. The summed E-state index contributed by atoms with van der Waals surface area (Å²) in [6.45, 7) is 9.00. The van der Waals surface area contributed by atoms with Gasteiger partial charge in [0.2, 0.25) is 10.0 Å². The fourth-order valence-electron chi connectivity index (χ4n) is 3.26. The van der Waals surface area contributed by atoms with Crippen molar-refractivity contribution in [3.8, 4) is 5.75 Å². The van der Waals surface area contributed by atoms with Crippen molar-refractivity contribution in [3.63, 3.8) is 0 Å². The lowest BCUT2D eigenvalue weighted by molar-refractivity contribution is -0.123. The van der Waals surface area contributed by atoms with Crippen molar-refractivity contribution in [1.29, 1.82) is 0 Å². The van der Waals surface area contributed by atoms with E-state index >= 15 is 0 Å². The average Bonchev–Trinajstić information content (AvgIpc) is 2.94. The number of nitrogens with two attached hydrogens (primary N) is 1. The summed E-state index contributed by atoms with van der Waals surface area (Å²) in [5, 5.41) is 9.85. The van der Waals surface area contributed by atoms with Gasteiger partial charge in [-0.2, -0.15) is 4.31 Å². The van der Waals surface area contributed by atoms with Crippen LogP contribution in [0, 0.1) is 5.92 Å². The van der Waals surface area contributed by atoms with Crippen molar-refractivity contribution in [1.82, 2.24) is 9.62 Å². The maximum absolute atomic E-state index is 13.1. The molecule has 2 aromatic rings. The van der Waals surface area contributed by atoms with Gasteiger partial charge in [-0.05, 0) is 57.0 Å². The number of nitrogens with zero attached hydrogens (tertiary/aromatic N) is 1. The van der Waals surface area contributed by atoms with Crippen LogP contribution in [0.1, 0.15) is 40.0 Å². The smallest absolute Gasteiger partial charge is 0.257 e. The molecule has 0 aromatic heterocycles. The summed E-state index contributed by atoms with van der Waals surface area (Å²) in [6.07, 6.45) is 2.33. The number of carbonyl (C=O) groups is 2. The molecule has 0 radical (unpaired) electrons. The van der Waals surface area contributed by atoms with Gasteiger partial charge in [-0.1, -0.05) is 56.7 Å². The van der Waals surface area contributed by atoms with E-state index in [2.05, 4.69) is 11.1 Å². The normalized spacial score (nSPS) is 11.1. The Kier molecular flexibility index (Phi) is 22.0. The molecule has 0 aliphatic carbocycles. The lowest BCUT2D eigenvalue weighted by atomic mass is 10.1. The second-order valence-corrected chi connectivity index (χ2v) is 9.97. The summed E-state index contributed by atoms with van der Waals surface area (Å²) in [7, 11) is -1.04. The summed E-state index contributed by atoms with van der Waals surface area (Å²) in [4.78, 5) is 20.2. The molecule has 2 aromatic carbocycles. The molecule has 0 unspecified atom stereocenters. The van der Waals surface area contributed by atoms with Crippen LogP contribution in [-0.2, 0) is 19.6 Å². The molecule has 210 valence electrons. The highest BCUT2D eigenvalue weighted by Gasteiger charge is 2.29. The van der Waals surface area contributed by atoms with Gasteiger partial charge in [0.05, 0.1) is 4.90 Å². The number of aliphatic hydroxyl groups is 1. The minimum absolute atomic E-state index is 0.0160. The molecule has 0 aliphatic rings. The summed E-state index contributed by atoms with van der Waals surface area (Å²) < 4.78 is 33.3. The molecular formula is C27H45N3O6S. The second-order valence-electron chi connectivity index (χ2n) is 8.08. The van der Waals surface area contributed by atoms with Crippen LogP contribution < -0.4 is 15.8 Å². The minimum Gasteiger partial charge on any atom is -0.484 e. The van der Waals surface area contributed by atoms with Crippen molar-refractivity contribution < 1.29 is 27.9 Å². The van der Waals surface area contributed by atoms with E-state index in [0.717, 1.165) is 26.4 Å². The molecule has 0 heterocycles. The molecule has 4 N–H and O–H groups in total. The van der Waals surface area contributed by atoms with Gasteiger partial charge in [0.15, 0.2) is 6.61 Å². The van der Waals surface area contributed by atoms with E-state index in [4.69, 9.17) is 14.6 Å². The largest absolute Gasteiger partial charge is 0.484 e. The Hall–Kier alpha value is -2.79. The van der Waals surface area contributed by atoms with Crippen molar-refractivity contribution >= 4 is 22.7 Å². The van der Waals surface area contributed by atoms with Crippen molar-refractivity contribution in [2.45, 2.75) is 51.0 Å². The number of rotatable bonds is 13. The fraction of sp³-hybridized carbons (Fsp3) is 0.481. The first-order valence-electron chi connectivity index (χ1n) is 12.1. The van der Waals surface area contributed by atoms with E-state index in [9.17, 15) is 13.2 Å². The Bertz CT molecular complexity index is 912. The number of nitrogens with one attached hydrogen (secondary N) is 1. The number of para-hydroxylation sites is 1. The summed E-state index contributed by atoms with van der Waals surface area (Å²) in [5.74, 6) is 0.728. The molecule has 10 heteroatoms.